The summed E-state index contributed by atoms with van der Waals surface area (Å²) >= 11 is 0. The third kappa shape index (κ3) is 3.26. The maximum atomic E-state index is 12.5. The van der Waals surface area contributed by atoms with E-state index in [4.69, 9.17) is 9.15 Å². The standard InChI is InChI=1S/C20H19NO4/c1-13-16-11-7-8-12-17(16)25-18(13)20(23)24-14(2)19(22)21(3)15-9-5-4-6-10-15/h4-12,14H,1-3H3. The number of para-hydroxylation sites is 2. The van der Waals surface area contributed by atoms with Gasteiger partial charge in [-0.1, -0.05) is 36.4 Å². The summed E-state index contributed by atoms with van der Waals surface area (Å²) in [6.45, 7) is 3.35. The molecule has 1 aromatic heterocycles. The van der Waals surface area contributed by atoms with E-state index >= 15 is 0 Å². The van der Waals surface area contributed by atoms with Gasteiger partial charge in [-0.2, -0.15) is 0 Å². The first-order chi connectivity index (χ1) is 12.0. The lowest BCUT2D eigenvalue weighted by molar-refractivity contribution is -0.126. The van der Waals surface area contributed by atoms with Gasteiger partial charge in [-0.3, -0.25) is 4.79 Å². The minimum Gasteiger partial charge on any atom is -0.449 e. The van der Waals surface area contributed by atoms with Gasteiger partial charge in [0.1, 0.15) is 5.58 Å². The predicted molar refractivity (Wildman–Crippen MR) is 95.7 cm³/mol. The number of esters is 1. The van der Waals surface area contributed by atoms with Crippen molar-refractivity contribution in [3.63, 3.8) is 0 Å². The largest absolute Gasteiger partial charge is 0.449 e. The molecule has 2 aromatic carbocycles. The fourth-order valence-corrected chi connectivity index (χ4v) is 2.69. The van der Waals surface area contributed by atoms with Crippen LogP contribution in [0.25, 0.3) is 11.0 Å². The van der Waals surface area contributed by atoms with Crippen LogP contribution < -0.4 is 4.90 Å². The Labute approximate surface area is 145 Å². The highest BCUT2D eigenvalue weighted by atomic mass is 16.6. The van der Waals surface area contributed by atoms with Gasteiger partial charge in [-0.25, -0.2) is 4.79 Å². The number of furan rings is 1. The highest BCUT2D eigenvalue weighted by molar-refractivity contribution is 6.00. The molecule has 0 aliphatic carbocycles. The van der Waals surface area contributed by atoms with E-state index in [1.165, 1.54) is 4.90 Å². The van der Waals surface area contributed by atoms with Crippen molar-refractivity contribution in [3.8, 4) is 0 Å². The molecule has 0 spiro atoms. The molecule has 25 heavy (non-hydrogen) atoms. The van der Waals surface area contributed by atoms with Crippen molar-refractivity contribution in [1.82, 2.24) is 0 Å². The molecule has 0 bridgehead atoms. The van der Waals surface area contributed by atoms with Gasteiger partial charge >= 0.3 is 5.97 Å². The summed E-state index contributed by atoms with van der Waals surface area (Å²) in [6.07, 6.45) is -0.926. The lowest BCUT2D eigenvalue weighted by Crippen LogP contribution is -2.37. The van der Waals surface area contributed by atoms with Crippen LogP contribution in [0.1, 0.15) is 23.0 Å². The van der Waals surface area contributed by atoms with Crippen LogP contribution >= 0.6 is 0 Å². The second kappa shape index (κ2) is 6.81. The number of amides is 1. The first kappa shape index (κ1) is 16.8. The van der Waals surface area contributed by atoms with Crippen molar-refractivity contribution < 1.29 is 18.7 Å². The van der Waals surface area contributed by atoms with Crippen LogP contribution in [0.15, 0.2) is 59.0 Å². The van der Waals surface area contributed by atoms with Crippen LogP contribution in [-0.4, -0.2) is 25.0 Å². The van der Waals surface area contributed by atoms with E-state index in [0.717, 1.165) is 11.1 Å². The van der Waals surface area contributed by atoms with Gasteiger partial charge < -0.3 is 14.1 Å². The maximum Gasteiger partial charge on any atom is 0.375 e. The molecule has 128 valence electrons. The van der Waals surface area contributed by atoms with E-state index in [1.54, 1.807) is 27.0 Å². The Bertz CT molecular complexity index is 914. The van der Waals surface area contributed by atoms with Crippen molar-refractivity contribution >= 4 is 28.5 Å². The highest BCUT2D eigenvalue weighted by Gasteiger charge is 2.26. The summed E-state index contributed by atoms with van der Waals surface area (Å²) in [4.78, 5) is 26.4. The molecule has 3 aromatic rings. The third-order valence-electron chi connectivity index (χ3n) is 4.13. The van der Waals surface area contributed by atoms with E-state index in [-0.39, 0.29) is 11.7 Å². The van der Waals surface area contributed by atoms with Gasteiger partial charge in [0.2, 0.25) is 5.76 Å². The van der Waals surface area contributed by atoms with Gasteiger partial charge in [-0.15, -0.1) is 0 Å². The number of hydrogen-bond donors (Lipinski definition) is 0. The topological polar surface area (TPSA) is 59.8 Å². The minimum atomic E-state index is -0.926. The van der Waals surface area contributed by atoms with E-state index in [2.05, 4.69) is 0 Å². The number of carbonyl (C=O) groups is 2. The van der Waals surface area contributed by atoms with Gasteiger partial charge in [0, 0.05) is 23.7 Å². The van der Waals surface area contributed by atoms with Crippen LogP contribution in [0.5, 0.6) is 0 Å². The molecule has 5 heteroatoms. The van der Waals surface area contributed by atoms with E-state index < -0.39 is 12.1 Å². The summed E-state index contributed by atoms with van der Waals surface area (Å²) in [5.74, 6) is -0.826. The average molecular weight is 337 g/mol. The van der Waals surface area contributed by atoms with Crippen LogP contribution in [-0.2, 0) is 9.53 Å². The van der Waals surface area contributed by atoms with Gasteiger partial charge in [-0.05, 0) is 32.0 Å². The van der Waals surface area contributed by atoms with E-state index in [1.807, 2.05) is 48.5 Å². The number of benzene rings is 2. The first-order valence-corrected chi connectivity index (χ1v) is 8.00. The van der Waals surface area contributed by atoms with Crippen LogP contribution in [0.3, 0.4) is 0 Å². The zero-order valence-electron chi connectivity index (χ0n) is 14.4. The molecule has 1 atom stereocenters. The number of likely N-dealkylation sites (N-methyl/N-ethyl adjacent to an activating group) is 1. The molecule has 1 unspecified atom stereocenters. The Kier molecular flexibility index (Phi) is 4.57. The number of anilines is 1. The Balaban J connectivity index is 1.75. The molecular formula is C20H19NO4. The summed E-state index contributed by atoms with van der Waals surface area (Å²) in [7, 11) is 1.65. The van der Waals surface area contributed by atoms with Crippen molar-refractivity contribution in [2.75, 3.05) is 11.9 Å². The zero-order chi connectivity index (χ0) is 18.0. The molecule has 3 rings (SSSR count). The number of nitrogens with zero attached hydrogens (tertiary/aromatic N) is 1. The quantitative estimate of drug-likeness (QED) is 0.676. The second-order valence-electron chi connectivity index (χ2n) is 5.83. The molecule has 0 fully saturated rings. The normalized spacial score (nSPS) is 12.0. The molecule has 1 amide bonds. The van der Waals surface area contributed by atoms with Crippen LogP contribution in [0, 0.1) is 6.92 Å². The number of fused-ring (bicyclic) bond motifs is 1. The van der Waals surface area contributed by atoms with Crippen molar-refractivity contribution in [2.24, 2.45) is 0 Å². The molecule has 5 nitrogen and oxygen atoms in total. The van der Waals surface area contributed by atoms with Gasteiger partial charge in [0.15, 0.2) is 6.10 Å². The summed E-state index contributed by atoms with van der Waals surface area (Å²) in [6, 6.07) is 16.6. The van der Waals surface area contributed by atoms with Crippen molar-refractivity contribution in [3.05, 3.63) is 65.9 Å². The second-order valence-corrected chi connectivity index (χ2v) is 5.83. The maximum absolute atomic E-state index is 12.5. The predicted octanol–water partition coefficient (Wildman–Crippen LogP) is 3.95. The molecule has 0 aliphatic heterocycles. The minimum absolute atomic E-state index is 0.128. The molecule has 0 N–H and O–H groups in total. The molecular weight excluding hydrogens is 318 g/mol. The SMILES string of the molecule is Cc1c(C(=O)OC(C)C(=O)N(C)c2ccccc2)oc2ccccc12. The zero-order valence-corrected chi connectivity index (χ0v) is 14.4. The van der Waals surface area contributed by atoms with Gasteiger partial charge in [0.25, 0.3) is 5.91 Å². The molecule has 0 aliphatic rings. The number of rotatable bonds is 4. The smallest absolute Gasteiger partial charge is 0.375 e. The Morgan fingerprint density at radius 2 is 1.68 bits per heavy atom. The third-order valence-corrected chi connectivity index (χ3v) is 4.13. The highest BCUT2D eigenvalue weighted by Crippen LogP contribution is 2.26. The fourth-order valence-electron chi connectivity index (χ4n) is 2.69. The fraction of sp³-hybridized carbons (Fsp3) is 0.200. The van der Waals surface area contributed by atoms with Gasteiger partial charge in [0.05, 0.1) is 0 Å². The summed E-state index contributed by atoms with van der Waals surface area (Å²) in [5.41, 5.74) is 2.05. The Morgan fingerprint density at radius 3 is 2.36 bits per heavy atom. The molecule has 0 radical (unpaired) electrons. The van der Waals surface area contributed by atoms with E-state index in [9.17, 15) is 9.59 Å². The monoisotopic (exact) mass is 337 g/mol. The first-order valence-electron chi connectivity index (χ1n) is 8.00. The van der Waals surface area contributed by atoms with Crippen molar-refractivity contribution in [1.29, 1.82) is 0 Å². The lowest BCUT2D eigenvalue weighted by Gasteiger charge is -2.21. The lowest BCUT2D eigenvalue weighted by atomic mass is 10.1. The average Bonchev–Trinajstić information content (AvgIpc) is 2.98. The summed E-state index contributed by atoms with van der Waals surface area (Å²) < 4.78 is 10.9. The number of hydrogen-bond acceptors (Lipinski definition) is 4. The molecule has 0 saturated carbocycles. The van der Waals surface area contributed by atoms with Crippen molar-refractivity contribution in [2.45, 2.75) is 20.0 Å². The number of ether oxygens (including phenoxy) is 1. The van der Waals surface area contributed by atoms with Crippen LogP contribution in [0.2, 0.25) is 0 Å². The molecule has 0 saturated heterocycles. The Morgan fingerprint density at radius 1 is 1.04 bits per heavy atom. The summed E-state index contributed by atoms with van der Waals surface area (Å²) in [5, 5.41) is 0.856. The molecule has 1 heterocycles. The van der Waals surface area contributed by atoms with E-state index in [0.29, 0.717) is 11.1 Å². The van der Waals surface area contributed by atoms with Crippen LogP contribution in [0.4, 0.5) is 5.69 Å². The number of carbonyl (C=O) groups excluding carboxylic acids is 2. The number of aryl methyl sites for hydroxylation is 1. The Hall–Kier alpha value is -3.08.